The number of rotatable bonds is 6. The van der Waals surface area contributed by atoms with E-state index in [1.807, 2.05) is 0 Å². The first-order valence-electron chi connectivity index (χ1n) is 5.43. The fourth-order valence-corrected chi connectivity index (χ4v) is 1.48. The fourth-order valence-electron chi connectivity index (χ4n) is 1.48. The normalized spacial score (nSPS) is 20.8. The SMILES string of the molecule is CC(OCCC(F)(F)F)(OCC(F)(F)F)C1CC1. The summed E-state index contributed by atoms with van der Waals surface area (Å²) in [5.74, 6) is -1.85. The van der Waals surface area contributed by atoms with Crippen molar-refractivity contribution in [3.63, 3.8) is 0 Å². The first kappa shape index (κ1) is 15.6. The summed E-state index contributed by atoms with van der Waals surface area (Å²) in [6.45, 7) is -0.965. The van der Waals surface area contributed by atoms with E-state index < -0.39 is 37.8 Å². The second-order valence-corrected chi connectivity index (χ2v) is 4.41. The number of ether oxygens (including phenoxy) is 2. The van der Waals surface area contributed by atoms with Crippen LogP contribution < -0.4 is 0 Å². The molecule has 0 spiro atoms. The van der Waals surface area contributed by atoms with E-state index in [4.69, 9.17) is 4.74 Å². The van der Waals surface area contributed by atoms with E-state index in [-0.39, 0.29) is 5.92 Å². The van der Waals surface area contributed by atoms with E-state index in [1.54, 1.807) is 0 Å². The molecule has 0 heterocycles. The van der Waals surface area contributed by atoms with Gasteiger partial charge in [0.2, 0.25) is 0 Å². The molecule has 0 amide bonds. The lowest BCUT2D eigenvalue weighted by Crippen LogP contribution is -2.39. The molecule has 1 aliphatic carbocycles. The quantitative estimate of drug-likeness (QED) is 0.546. The average Bonchev–Trinajstić information content (AvgIpc) is 2.94. The van der Waals surface area contributed by atoms with Gasteiger partial charge >= 0.3 is 12.4 Å². The van der Waals surface area contributed by atoms with Gasteiger partial charge in [-0.25, -0.2) is 0 Å². The molecule has 0 aromatic heterocycles. The molecule has 1 unspecified atom stereocenters. The first-order chi connectivity index (χ1) is 8.02. The van der Waals surface area contributed by atoms with Crippen LogP contribution in [0.3, 0.4) is 0 Å². The van der Waals surface area contributed by atoms with E-state index >= 15 is 0 Å². The Balaban J connectivity index is 2.43. The van der Waals surface area contributed by atoms with Crippen LogP contribution in [0.2, 0.25) is 0 Å². The second-order valence-electron chi connectivity index (χ2n) is 4.41. The van der Waals surface area contributed by atoms with Crippen molar-refractivity contribution in [1.29, 1.82) is 0 Å². The third-order valence-electron chi connectivity index (χ3n) is 2.62. The molecule has 108 valence electrons. The Morgan fingerprint density at radius 3 is 1.89 bits per heavy atom. The van der Waals surface area contributed by atoms with Gasteiger partial charge in [-0.15, -0.1) is 0 Å². The third kappa shape index (κ3) is 5.90. The summed E-state index contributed by atoms with van der Waals surface area (Å²) in [7, 11) is 0. The molecule has 0 aromatic carbocycles. The molecule has 8 heteroatoms. The molecule has 0 bridgehead atoms. The summed E-state index contributed by atoms with van der Waals surface area (Å²) in [5.41, 5.74) is 0. The van der Waals surface area contributed by atoms with Gasteiger partial charge in [0.1, 0.15) is 6.61 Å². The van der Waals surface area contributed by atoms with Gasteiger partial charge in [0.05, 0.1) is 13.0 Å². The van der Waals surface area contributed by atoms with Crippen LogP contribution in [-0.2, 0) is 9.47 Å². The summed E-state index contributed by atoms with van der Waals surface area (Å²) < 4.78 is 81.3. The topological polar surface area (TPSA) is 18.5 Å². The lowest BCUT2D eigenvalue weighted by Gasteiger charge is -2.30. The highest BCUT2D eigenvalue weighted by Crippen LogP contribution is 2.43. The zero-order valence-corrected chi connectivity index (χ0v) is 9.70. The molecule has 1 rings (SSSR count). The van der Waals surface area contributed by atoms with Crippen molar-refractivity contribution in [3.05, 3.63) is 0 Å². The molecule has 1 fully saturated rings. The smallest absolute Gasteiger partial charge is 0.350 e. The van der Waals surface area contributed by atoms with Crippen molar-refractivity contribution in [1.82, 2.24) is 0 Å². The Morgan fingerprint density at radius 2 is 1.50 bits per heavy atom. The summed E-state index contributed by atoms with van der Waals surface area (Å²) in [5, 5.41) is 0. The minimum atomic E-state index is -4.52. The molecule has 1 aliphatic rings. The maximum atomic E-state index is 12.0. The van der Waals surface area contributed by atoms with Crippen molar-refractivity contribution in [3.8, 4) is 0 Å². The highest BCUT2D eigenvalue weighted by atomic mass is 19.4. The monoisotopic (exact) mass is 280 g/mol. The van der Waals surface area contributed by atoms with E-state index in [1.165, 1.54) is 6.92 Å². The van der Waals surface area contributed by atoms with Crippen molar-refractivity contribution >= 4 is 0 Å². The molecule has 0 N–H and O–H groups in total. The Labute approximate surface area is 100 Å². The third-order valence-corrected chi connectivity index (χ3v) is 2.62. The summed E-state index contributed by atoms with van der Waals surface area (Å²) in [6.07, 6.45) is -8.93. The predicted octanol–water partition coefficient (Wildman–Crippen LogP) is 3.66. The number of hydrogen-bond acceptors (Lipinski definition) is 2. The molecule has 1 atom stereocenters. The molecule has 1 saturated carbocycles. The minimum absolute atomic E-state index is 0.270. The molecule has 2 nitrogen and oxygen atoms in total. The zero-order valence-electron chi connectivity index (χ0n) is 9.70. The molecule has 0 aromatic rings. The number of hydrogen-bond donors (Lipinski definition) is 0. The summed E-state index contributed by atoms with van der Waals surface area (Å²) in [4.78, 5) is 0. The first-order valence-corrected chi connectivity index (χ1v) is 5.43. The van der Waals surface area contributed by atoms with Crippen LogP contribution in [0.5, 0.6) is 0 Å². The second kappa shape index (κ2) is 5.24. The Kier molecular flexibility index (Phi) is 4.53. The Hall–Kier alpha value is -0.500. The lowest BCUT2D eigenvalue weighted by atomic mass is 10.2. The van der Waals surface area contributed by atoms with Gasteiger partial charge in [-0.2, -0.15) is 26.3 Å². The molecule has 0 saturated heterocycles. The average molecular weight is 280 g/mol. The largest absolute Gasteiger partial charge is 0.411 e. The van der Waals surface area contributed by atoms with Crippen molar-refractivity contribution < 1.29 is 35.8 Å². The van der Waals surface area contributed by atoms with E-state index in [0.29, 0.717) is 12.8 Å². The van der Waals surface area contributed by atoms with Gasteiger partial charge in [0.15, 0.2) is 5.79 Å². The van der Waals surface area contributed by atoms with Crippen LogP contribution >= 0.6 is 0 Å². The van der Waals surface area contributed by atoms with Crippen LogP contribution in [0.15, 0.2) is 0 Å². The fraction of sp³-hybridized carbons (Fsp3) is 1.00. The number of alkyl halides is 6. The molecular formula is C10H14F6O2. The zero-order chi connectivity index (χ0) is 14.0. The molecular weight excluding hydrogens is 266 g/mol. The number of halogens is 6. The lowest BCUT2D eigenvalue weighted by molar-refractivity contribution is -0.290. The van der Waals surface area contributed by atoms with Crippen molar-refractivity contribution in [2.75, 3.05) is 13.2 Å². The molecule has 0 aliphatic heterocycles. The minimum Gasteiger partial charge on any atom is -0.350 e. The Bertz CT molecular complexity index is 271. The van der Waals surface area contributed by atoms with Crippen LogP contribution in [0, 0.1) is 5.92 Å². The highest BCUT2D eigenvalue weighted by Gasteiger charge is 2.46. The van der Waals surface area contributed by atoms with E-state index in [2.05, 4.69) is 4.74 Å². The van der Waals surface area contributed by atoms with Gasteiger partial charge in [-0.3, -0.25) is 0 Å². The van der Waals surface area contributed by atoms with Crippen LogP contribution in [0.1, 0.15) is 26.2 Å². The van der Waals surface area contributed by atoms with Gasteiger partial charge in [0.25, 0.3) is 0 Å². The maximum absolute atomic E-state index is 12.0. The van der Waals surface area contributed by atoms with Gasteiger partial charge in [0, 0.05) is 5.92 Å². The van der Waals surface area contributed by atoms with Crippen LogP contribution in [-0.4, -0.2) is 31.4 Å². The Morgan fingerprint density at radius 1 is 0.944 bits per heavy atom. The van der Waals surface area contributed by atoms with E-state index in [9.17, 15) is 26.3 Å². The van der Waals surface area contributed by atoms with Crippen molar-refractivity contribution in [2.45, 2.75) is 44.3 Å². The van der Waals surface area contributed by atoms with Crippen molar-refractivity contribution in [2.24, 2.45) is 5.92 Å². The molecule has 18 heavy (non-hydrogen) atoms. The van der Waals surface area contributed by atoms with Crippen LogP contribution in [0.25, 0.3) is 0 Å². The van der Waals surface area contributed by atoms with Gasteiger partial charge in [-0.1, -0.05) is 0 Å². The van der Waals surface area contributed by atoms with E-state index in [0.717, 1.165) is 0 Å². The highest BCUT2D eigenvalue weighted by molar-refractivity contribution is 4.86. The standard InChI is InChI=1S/C10H14F6O2/c1-8(7-2-3-7,18-6-10(14,15)16)17-5-4-9(11,12)13/h7H,2-6H2,1H3. The predicted molar refractivity (Wildman–Crippen MR) is 49.8 cm³/mol. The summed E-state index contributed by atoms with van der Waals surface area (Å²) in [6, 6.07) is 0. The maximum Gasteiger partial charge on any atom is 0.411 e. The van der Waals surface area contributed by atoms with Crippen LogP contribution in [0.4, 0.5) is 26.3 Å². The van der Waals surface area contributed by atoms with Gasteiger partial charge in [-0.05, 0) is 19.8 Å². The molecule has 0 radical (unpaired) electrons. The summed E-state index contributed by atoms with van der Waals surface area (Å²) >= 11 is 0. The van der Waals surface area contributed by atoms with Gasteiger partial charge < -0.3 is 9.47 Å².